The summed E-state index contributed by atoms with van der Waals surface area (Å²) in [5.74, 6) is -0.163. The summed E-state index contributed by atoms with van der Waals surface area (Å²) in [5.41, 5.74) is 0.324. The van der Waals surface area contributed by atoms with Crippen molar-refractivity contribution in [1.29, 1.82) is 5.26 Å². The van der Waals surface area contributed by atoms with Crippen molar-refractivity contribution in [1.82, 2.24) is 9.97 Å². The highest BCUT2D eigenvalue weighted by Crippen LogP contribution is 2.07. The smallest absolute Gasteiger partial charge is 0.234 e. The van der Waals surface area contributed by atoms with Crippen LogP contribution in [0.2, 0.25) is 0 Å². The van der Waals surface area contributed by atoms with Gasteiger partial charge in [0.1, 0.15) is 5.69 Å². The minimum atomic E-state index is -0.163. The Morgan fingerprint density at radius 2 is 2.20 bits per heavy atom. The van der Waals surface area contributed by atoms with E-state index < -0.39 is 0 Å². The zero-order chi connectivity index (χ0) is 7.40. The summed E-state index contributed by atoms with van der Waals surface area (Å²) < 4.78 is 0. The van der Waals surface area contributed by atoms with Crippen LogP contribution in [-0.2, 0) is 6.42 Å². The molecule has 0 fully saturated rings. The monoisotopic (exact) mass is 135 g/mol. The average Bonchev–Trinajstić information content (AvgIpc) is 1.94. The molecule has 1 heterocycles. The molecule has 0 atom stereocenters. The van der Waals surface area contributed by atoms with E-state index in [4.69, 9.17) is 10.4 Å². The van der Waals surface area contributed by atoms with Crippen LogP contribution in [0.3, 0.4) is 0 Å². The van der Waals surface area contributed by atoms with Gasteiger partial charge in [0.05, 0.1) is 12.5 Å². The molecule has 1 N–H and O–H groups in total. The van der Waals surface area contributed by atoms with Gasteiger partial charge in [0.25, 0.3) is 0 Å². The molecule has 0 saturated carbocycles. The van der Waals surface area contributed by atoms with Crippen LogP contribution >= 0.6 is 0 Å². The number of hydrogen-bond acceptors (Lipinski definition) is 4. The Bertz CT molecular complexity index is 266. The molecule has 1 rings (SSSR count). The predicted octanol–water partition coefficient (Wildman–Crippen LogP) is 0.248. The van der Waals surface area contributed by atoms with Crippen molar-refractivity contribution in [3.8, 4) is 11.9 Å². The van der Waals surface area contributed by atoms with E-state index in [9.17, 15) is 0 Å². The number of aromatic nitrogens is 2. The molecule has 10 heavy (non-hydrogen) atoms. The highest BCUT2D eigenvalue weighted by molar-refractivity contribution is 5.18. The SMILES string of the molecule is N#CCc1nccnc1O. The quantitative estimate of drug-likeness (QED) is 0.599. The highest BCUT2D eigenvalue weighted by atomic mass is 16.3. The van der Waals surface area contributed by atoms with E-state index in [-0.39, 0.29) is 12.3 Å². The molecule has 0 radical (unpaired) electrons. The van der Waals surface area contributed by atoms with Gasteiger partial charge < -0.3 is 5.11 Å². The summed E-state index contributed by atoms with van der Waals surface area (Å²) in [6.45, 7) is 0. The van der Waals surface area contributed by atoms with Crippen LogP contribution in [-0.4, -0.2) is 15.1 Å². The zero-order valence-corrected chi connectivity index (χ0v) is 5.15. The van der Waals surface area contributed by atoms with E-state index >= 15 is 0 Å². The van der Waals surface area contributed by atoms with E-state index in [2.05, 4.69) is 9.97 Å². The summed E-state index contributed by atoms with van der Waals surface area (Å²) in [7, 11) is 0. The molecule has 0 aliphatic heterocycles. The number of nitrogens with zero attached hydrogens (tertiary/aromatic N) is 3. The summed E-state index contributed by atoms with van der Waals surface area (Å²) in [5, 5.41) is 17.1. The number of aromatic hydroxyl groups is 1. The lowest BCUT2D eigenvalue weighted by Crippen LogP contribution is -1.89. The Morgan fingerprint density at radius 3 is 2.80 bits per heavy atom. The van der Waals surface area contributed by atoms with Gasteiger partial charge in [-0.3, -0.25) is 4.98 Å². The van der Waals surface area contributed by atoms with Crippen molar-refractivity contribution in [2.45, 2.75) is 6.42 Å². The molecule has 0 spiro atoms. The van der Waals surface area contributed by atoms with Crippen LogP contribution < -0.4 is 0 Å². The molecule has 1 aromatic rings. The molecule has 0 amide bonds. The normalized spacial score (nSPS) is 8.70. The standard InChI is InChI=1S/C6H5N3O/c7-2-1-5-6(10)9-4-3-8-5/h3-4H,1H2,(H,9,10). The highest BCUT2D eigenvalue weighted by Gasteiger charge is 1.99. The van der Waals surface area contributed by atoms with E-state index in [1.54, 1.807) is 0 Å². The van der Waals surface area contributed by atoms with Gasteiger partial charge in [-0.25, -0.2) is 4.98 Å². The Balaban J connectivity index is 2.94. The molecule has 0 aliphatic rings. The molecule has 0 saturated heterocycles. The first-order chi connectivity index (χ1) is 4.84. The van der Waals surface area contributed by atoms with E-state index in [1.807, 2.05) is 6.07 Å². The topological polar surface area (TPSA) is 69.8 Å². The minimum Gasteiger partial charge on any atom is -0.492 e. The fraction of sp³-hybridized carbons (Fsp3) is 0.167. The lowest BCUT2D eigenvalue weighted by Gasteiger charge is -1.93. The number of rotatable bonds is 1. The lowest BCUT2D eigenvalue weighted by atomic mass is 10.3. The number of nitriles is 1. The van der Waals surface area contributed by atoms with Gasteiger partial charge in [0.15, 0.2) is 0 Å². The van der Waals surface area contributed by atoms with Gasteiger partial charge in [0.2, 0.25) is 5.88 Å². The third-order valence-corrected chi connectivity index (χ3v) is 0.998. The van der Waals surface area contributed by atoms with Gasteiger partial charge >= 0.3 is 0 Å². The summed E-state index contributed by atoms with van der Waals surface area (Å²) in [6.07, 6.45) is 2.91. The van der Waals surface area contributed by atoms with Crippen molar-refractivity contribution in [3.05, 3.63) is 18.1 Å². The molecule has 50 valence electrons. The molecule has 1 aromatic heterocycles. The van der Waals surface area contributed by atoms with E-state index in [0.29, 0.717) is 5.69 Å². The molecule has 0 aromatic carbocycles. The van der Waals surface area contributed by atoms with Gasteiger partial charge in [-0.05, 0) is 0 Å². The molecule has 0 bridgehead atoms. The average molecular weight is 135 g/mol. The Hall–Kier alpha value is -1.63. The van der Waals surface area contributed by atoms with Crippen molar-refractivity contribution in [2.24, 2.45) is 0 Å². The number of hydrogen-bond donors (Lipinski definition) is 1. The summed E-state index contributed by atoms with van der Waals surface area (Å²) in [6, 6.07) is 1.86. The second-order valence-electron chi connectivity index (χ2n) is 1.66. The Labute approximate surface area is 57.8 Å². The maximum atomic E-state index is 8.92. The minimum absolute atomic E-state index is 0.0969. The Kier molecular flexibility index (Phi) is 1.80. The van der Waals surface area contributed by atoms with Crippen LogP contribution in [0.15, 0.2) is 12.4 Å². The zero-order valence-electron chi connectivity index (χ0n) is 5.15. The molecule has 0 unspecified atom stereocenters. The van der Waals surface area contributed by atoms with Gasteiger partial charge in [-0.1, -0.05) is 0 Å². The first-order valence-corrected chi connectivity index (χ1v) is 2.70. The van der Waals surface area contributed by atoms with E-state index in [0.717, 1.165) is 0 Å². The lowest BCUT2D eigenvalue weighted by molar-refractivity contribution is 0.443. The third kappa shape index (κ3) is 1.20. The van der Waals surface area contributed by atoms with Crippen LogP contribution in [0.25, 0.3) is 0 Å². The molecular weight excluding hydrogens is 130 g/mol. The first-order valence-electron chi connectivity index (χ1n) is 2.70. The second-order valence-corrected chi connectivity index (χ2v) is 1.66. The largest absolute Gasteiger partial charge is 0.492 e. The fourth-order valence-corrected chi connectivity index (χ4v) is 0.559. The molecule has 0 aliphatic carbocycles. The van der Waals surface area contributed by atoms with E-state index in [1.165, 1.54) is 12.4 Å². The second kappa shape index (κ2) is 2.78. The molecular formula is C6H5N3O. The van der Waals surface area contributed by atoms with Crippen molar-refractivity contribution in [2.75, 3.05) is 0 Å². The van der Waals surface area contributed by atoms with Gasteiger partial charge in [-0.2, -0.15) is 5.26 Å². The fourth-order valence-electron chi connectivity index (χ4n) is 0.559. The predicted molar refractivity (Wildman–Crippen MR) is 33.0 cm³/mol. The van der Waals surface area contributed by atoms with Crippen LogP contribution in [0.1, 0.15) is 5.69 Å². The van der Waals surface area contributed by atoms with Crippen LogP contribution in [0.5, 0.6) is 5.88 Å². The molecule has 4 heteroatoms. The van der Waals surface area contributed by atoms with Crippen molar-refractivity contribution in [3.63, 3.8) is 0 Å². The van der Waals surface area contributed by atoms with Gasteiger partial charge in [-0.15, -0.1) is 0 Å². The van der Waals surface area contributed by atoms with Crippen molar-refractivity contribution >= 4 is 0 Å². The molecule has 4 nitrogen and oxygen atoms in total. The van der Waals surface area contributed by atoms with Crippen molar-refractivity contribution < 1.29 is 5.11 Å². The summed E-state index contributed by atoms with van der Waals surface area (Å²) >= 11 is 0. The maximum absolute atomic E-state index is 8.92. The Morgan fingerprint density at radius 1 is 1.50 bits per heavy atom. The first kappa shape index (κ1) is 6.49. The third-order valence-electron chi connectivity index (χ3n) is 0.998. The van der Waals surface area contributed by atoms with Crippen LogP contribution in [0, 0.1) is 11.3 Å². The summed E-state index contributed by atoms with van der Waals surface area (Å²) in [4.78, 5) is 7.27. The van der Waals surface area contributed by atoms with Gasteiger partial charge in [0, 0.05) is 12.4 Å². The maximum Gasteiger partial charge on any atom is 0.234 e. The van der Waals surface area contributed by atoms with Crippen LogP contribution in [0.4, 0.5) is 0 Å².